The largest absolute Gasteiger partial charge is 0.369 e. The molecule has 5 nitrogen and oxygen atoms in total. The molecule has 1 atom stereocenters. The maximum absolute atomic E-state index is 11.2. The second-order valence-electron chi connectivity index (χ2n) is 4.48. The highest BCUT2D eigenvalue weighted by Gasteiger charge is 2.14. The Balaban J connectivity index is 2.75. The van der Waals surface area contributed by atoms with E-state index in [9.17, 15) is 9.59 Å². The Morgan fingerprint density at radius 2 is 1.81 bits per heavy atom. The summed E-state index contributed by atoms with van der Waals surface area (Å²) in [5, 5.41) is 2.41. The molecule has 0 aliphatic carbocycles. The van der Waals surface area contributed by atoms with Gasteiger partial charge in [0.25, 0.3) is 0 Å². The van der Waals surface area contributed by atoms with Crippen LogP contribution in [0.15, 0.2) is 24.3 Å². The van der Waals surface area contributed by atoms with E-state index >= 15 is 0 Å². The number of primary amides is 1. The van der Waals surface area contributed by atoms with Gasteiger partial charge in [-0.05, 0) is 17.7 Å². The van der Waals surface area contributed by atoms with Gasteiger partial charge in [-0.3, -0.25) is 9.59 Å². The highest BCUT2D eigenvalue weighted by atomic mass is 35.5. The molecule has 0 fully saturated rings. The monoisotopic (exact) mass is 331 g/mol. The second-order valence-corrected chi connectivity index (χ2v) is 5.23. The molecular formula is C14H19Cl2N3O2. The maximum atomic E-state index is 11.2. The van der Waals surface area contributed by atoms with Crippen molar-refractivity contribution >= 4 is 41.2 Å². The van der Waals surface area contributed by atoms with E-state index in [0.29, 0.717) is 37.7 Å². The third-order valence-electron chi connectivity index (χ3n) is 3.06. The zero-order chi connectivity index (χ0) is 15.7. The zero-order valence-electron chi connectivity index (χ0n) is 11.6. The number of benzene rings is 1. The van der Waals surface area contributed by atoms with Crippen LogP contribution in [0, 0.1) is 0 Å². The number of carbonyl (C=O) groups is 2. The fourth-order valence-electron chi connectivity index (χ4n) is 1.98. The number of nitrogens with zero attached hydrogens (tertiary/aromatic N) is 1. The molecule has 0 spiro atoms. The molecule has 1 aromatic rings. The summed E-state index contributed by atoms with van der Waals surface area (Å²) in [6.45, 7) is 1.43. The lowest BCUT2D eigenvalue weighted by Gasteiger charge is -2.23. The van der Waals surface area contributed by atoms with E-state index in [1.807, 2.05) is 24.3 Å². The van der Waals surface area contributed by atoms with Gasteiger partial charge in [0.1, 0.15) is 6.04 Å². The van der Waals surface area contributed by atoms with Gasteiger partial charge in [-0.2, -0.15) is 0 Å². The van der Waals surface area contributed by atoms with Crippen molar-refractivity contribution in [2.45, 2.75) is 12.5 Å². The topological polar surface area (TPSA) is 75.4 Å². The van der Waals surface area contributed by atoms with Crippen molar-refractivity contribution in [2.24, 2.45) is 5.73 Å². The Morgan fingerprint density at radius 3 is 2.24 bits per heavy atom. The number of carbonyl (C=O) groups excluding carboxylic acids is 2. The van der Waals surface area contributed by atoms with Crippen LogP contribution < -0.4 is 16.0 Å². The summed E-state index contributed by atoms with van der Waals surface area (Å²) in [7, 11) is 0. The molecule has 0 saturated carbocycles. The number of hydrogen-bond acceptors (Lipinski definition) is 3. The molecule has 0 aliphatic heterocycles. The fraction of sp³-hybridized carbons (Fsp3) is 0.429. The van der Waals surface area contributed by atoms with Gasteiger partial charge in [0.05, 0.1) is 0 Å². The molecule has 0 bridgehead atoms. The highest BCUT2D eigenvalue weighted by molar-refractivity contribution is 6.18. The summed E-state index contributed by atoms with van der Waals surface area (Å²) in [4.78, 5) is 23.7. The number of anilines is 1. The van der Waals surface area contributed by atoms with Crippen LogP contribution in [0.25, 0.3) is 0 Å². The molecule has 21 heavy (non-hydrogen) atoms. The lowest BCUT2D eigenvalue weighted by molar-refractivity contribution is -0.122. The summed E-state index contributed by atoms with van der Waals surface area (Å²) >= 11 is 11.5. The Morgan fingerprint density at radius 1 is 1.24 bits per heavy atom. The van der Waals surface area contributed by atoms with Crippen molar-refractivity contribution in [3.63, 3.8) is 0 Å². The first-order valence-electron chi connectivity index (χ1n) is 6.57. The molecule has 1 unspecified atom stereocenters. The molecule has 7 heteroatoms. The van der Waals surface area contributed by atoms with Crippen molar-refractivity contribution in [1.82, 2.24) is 5.32 Å². The standard InChI is InChI=1S/C14H19Cl2N3O2/c15-5-7-19(8-6-16)12-3-1-11(2-4-12)9-13(14(17)21)18-10-20/h1-4,10,13H,5-9H2,(H2,17,21)(H,18,20). The molecule has 0 saturated heterocycles. The van der Waals surface area contributed by atoms with E-state index in [1.165, 1.54) is 0 Å². The average molecular weight is 332 g/mol. The summed E-state index contributed by atoms with van der Waals surface area (Å²) in [5.74, 6) is 0.481. The normalized spacial score (nSPS) is 11.7. The van der Waals surface area contributed by atoms with Crippen LogP contribution in [0.1, 0.15) is 5.56 Å². The Labute approximate surface area is 134 Å². The second kappa shape index (κ2) is 9.47. The third-order valence-corrected chi connectivity index (χ3v) is 3.40. The van der Waals surface area contributed by atoms with Crippen LogP contribution in [0.4, 0.5) is 5.69 Å². The van der Waals surface area contributed by atoms with E-state index < -0.39 is 11.9 Å². The summed E-state index contributed by atoms with van der Waals surface area (Å²) < 4.78 is 0. The number of nitrogens with two attached hydrogens (primary N) is 1. The lowest BCUT2D eigenvalue weighted by atomic mass is 10.0. The van der Waals surface area contributed by atoms with Crippen LogP contribution in [0.5, 0.6) is 0 Å². The fourth-order valence-corrected chi connectivity index (χ4v) is 2.38. The zero-order valence-corrected chi connectivity index (χ0v) is 13.1. The first-order valence-corrected chi connectivity index (χ1v) is 7.64. The molecular weight excluding hydrogens is 313 g/mol. The Bertz CT molecular complexity index is 448. The minimum atomic E-state index is -0.699. The maximum Gasteiger partial charge on any atom is 0.240 e. The third kappa shape index (κ3) is 5.81. The van der Waals surface area contributed by atoms with Crippen molar-refractivity contribution < 1.29 is 9.59 Å². The summed E-state index contributed by atoms with van der Waals surface area (Å²) in [6, 6.07) is 6.97. The van der Waals surface area contributed by atoms with E-state index in [4.69, 9.17) is 28.9 Å². The van der Waals surface area contributed by atoms with Gasteiger partial charge in [-0.25, -0.2) is 0 Å². The predicted octanol–water partition coefficient (Wildman–Crippen LogP) is 1.11. The minimum absolute atomic E-state index is 0.360. The van der Waals surface area contributed by atoms with Gasteiger partial charge in [0, 0.05) is 37.0 Å². The molecule has 116 valence electrons. The van der Waals surface area contributed by atoms with Crippen molar-refractivity contribution in [3.05, 3.63) is 29.8 Å². The van der Waals surface area contributed by atoms with Crippen LogP contribution in [0.3, 0.4) is 0 Å². The molecule has 3 N–H and O–H groups in total. The lowest BCUT2D eigenvalue weighted by Crippen LogP contribution is -2.42. The Kier molecular flexibility index (Phi) is 7.93. The van der Waals surface area contributed by atoms with E-state index in [2.05, 4.69) is 10.2 Å². The van der Waals surface area contributed by atoms with Crippen molar-refractivity contribution in [1.29, 1.82) is 0 Å². The number of alkyl halides is 2. The van der Waals surface area contributed by atoms with Gasteiger partial charge in [-0.15, -0.1) is 23.2 Å². The first-order chi connectivity index (χ1) is 10.1. The molecule has 0 aliphatic rings. The van der Waals surface area contributed by atoms with Crippen LogP contribution in [-0.4, -0.2) is 43.2 Å². The molecule has 0 heterocycles. The summed E-state index contributed by atoms with van der Waals surface area (Å²) in [6.07, 6.45) is 0.839. The highest BCUT2D eigenvalue weighted by Crippen LogP contribution is 2.16. The van der Waals surface area contributed by atoms with Crippen LogP contribution in [0.2, 0.25) is 0 Å². The van der Waals surface area contributed by atoms with E-state index in [1.54, 1.807) is 0 Å². The van der Waals surface area contributed by atoms with Crippen LogP contribution >= 0.6 is 23.2 Å². The SMILES string of the molecule is NC(=O)C(Cc1ccc(N(CCCl)CCCl)cc1)NC=O. The first kappa shape index (κ1) is 17.6. The molecule has 2 amide bonds. The number of halogens is 2. The summed E-state index contributed by atoms with van der Waals surface area (Å²) in [5.41, 5.74) is 7.15. The van der Waals surface area contributed by atoms with E-state index in [0.717, 1.165) is 11.3 Å². The van der Waals surface area contributed by atoms with Gasteiger partial charge in [0.2, 0.25) is 12.3 Å². The van der Waals surface area contributed by atoms with Gasteiger partial charge in [0.15, 0.2) is 0 Å². The number of rotatable bonds is 10. The number of hydrogen-bond donors (Lipinski definition) is 2. The molecule has 1 rings (SSSR count). The average Bonchev–Trinajstić information content (AvgIpc) is 2.47. The molecule has 0 aromatic heterocycles. The van der Waals surface area contributed by atoms with Gasteiger partial charge < -0.3 is 16.0 Å². The molecule has 0 radical (unpaired) electrons. The van der Waals surface area contributed by atoms with E-state index in [-0.39, 0.29) is 0 Å². The predicted molar refractivity (Wildman–Crippen MR) is 86.0 cm³/mol. The van der Waals surface area contributed by atoms with Crippen molar-refractivity contribution in [2.75, 3.05) is 29.7 Å². The van der Waals surface area contributed by atoms with Gasteiger partial charge >= 0.3 is 0 Å². The molecule has 1 aromatic carbocycles. The number of amides is 2. The minimum Gasteiger partial charge on any atom is -0.369 e. The van der Waals surface area contributed by atoms with Gasteiger partial charge in [-0.1, -0.05) is 12.1 Å². The quantitative estimate of drug-likeness (QED) is 0.498. The van der Waals surface area contributed by atoms with Crippen molar-refractivity contribution in [3.8, 4) is 0 Å². The van der Waals surface area contributed by atoms with Crippen LogP contribution in [-0.2, 0) is 16.0 Å². The smallest absolute Gasteiger partial charge is 0.240 e. The Hall–Kier alpha value is -1.46. The number of nitrogens with one attached hydrogen (secondary N) is 1.